The van der Waals surface area contributed by atoms with E-state index in [1.54, 1.807) is 13.8 Å². The quantitative estimate of drug-likeness (QED) is 0.504. The van der Waals surface area contributed by atoms with Gasteiger partial charge in [0.05, 0.1) is 17.1 Å². The summed E-state index contributed by atoms with van der Waals surface area (Å²) >= 11 is 0. The number of aromatic amines is 1. The van der Waals surface area contributed by atoms with Crippen LogP contribution in [0.1, 0.15) is 48.0 Å². The topological polar surface area (TPSA) is 101 Å². The van der Waals surface area contributed by atoms with E-state index < -0.39 is 12.0 Å². The van der Waals surface area contributed by atoms with E-state index in [1.165, 1.54) is 0 Å². The summed E-state index contributed by atoms with van der Waals surface area (Å²) in [4.78, 5) is 27.7. The molecule has 2 N–H and O–H groups in total. The Morgan fingerprint density at radius 1 is 1.19 bits per heavy atom. The molecule has 0 saturated carbocycles. The second-order valence-electron chi connectivity index (χ2n) is 7.33. The van der Waals surface area contributed by atoms with Gasteiger partial charge in [0.2, 0.25) is 5.91 Å². The molecule has 0 fully saturated rings. The molecule has 4 aromatic rings. The molecule has 4 rings (SSSR count). The number of aromatic nitrogens is 6. The third-order valence-corrected chi connectivity index (χ3v) is 5.10. The molecule has 3 heterocycles. The van der Waals surface area contributed by atoms with E-state index in [-0.39, 0.29) is 24.1 Å². The fraction of sp³-hybridized carbons (Fsp3) is 0.350. The van der Waals surface area contributed by atoms with Crippen LogP contribution in [0.15, 0.2) is 24.3 Å². The smallest absolute Gasteiger partial charge is 0.346 e. The summed E-state index contributed by atoms with van der Waals surface area (Å²) in [5.41, 5.74) is 3.36. The molecule has 0 spiro atoms. The molecule has 0 aliphatic carbocycles. The number of alkyl halides is 3. The number of fused-ring (bicyclic) bond motifs is 2. The maximum Gasteiger partial charge on any atom is 0.453 e. The lowest BCUT2D eigenvalue weighted by Gasteiger charge is -2.13. The van der Waals surface area contributed by atoms with Crippen LogP contribution in [0, 0.1) is 13.8 Å². The molecular formula is C20H20F3N7O. The molecule has 1 amide bonds. The molecule has 0 saturated heterocycles. The molecule has 0 radical (unpaired) electrons. The molecule has 8 nitrogen and oxygen atoms in total. The minimum absolute atomic E-state index is 0.117. The summed E-state index contributed by atoms with van der Waals surface area (Å²) in [6.07, 6.45) is -4.21. The first kappa shape index (κ1) is 20.8. The Hall–Kier alpha value is -3.50. The van der Waals surface area contributed by atoms with Crippen molar-refractivity contribution in [3.05, 3.63) is 52.9 Å². The van der Waals surface area contributed by atoms with Gasteiger partial charge in [0.25, 0.3) is 11.6 Å². The molecule has 0 aliphatic rings. The van der Waals surface area contributed by atoms with Gasteiger partial charge in [-0.2, -0.15) is 18.2 Å². The molecule has 1 atom stereocenters. The third-order valence-electron chi connectivity index (χ3n) is 5.10. The number of amides is 1. The van der Waals surface area contributed by atoms with Gasteiger partial charge in [-0.25, -0.2) is 14.5 Å². The second-order valence-corrected chi connectivity index (χ2v) is 7.33. The van der Waals surface area contributed by atoms with Crippen LogP contribution in [-0.4, -0.2) is 35.5 Å². The van der Waals surface area contributed by atoms with Crippen molar-refractivity contribution in [2.75, 3.05) is 0 Å². The fourth-order valence-electron chi connectivity index (χ4n) is 3.49. The van der Waals surface area contributed by atoms with Gasteiger partial charge in [-0.1, -0.05) is 12.1 Å². The lowest BCUT2D eigenvalue weighted by Crippen LogP contribution is -2.27. The largest absolute Gasteiger partial charge is 0.453 e. The zero-order valence-corrected chi connectivity index (χ0v) is 17.1. The van der Waals surface area contributed by atoms with Crippen LogP contribution < -0.4 is 5.32 Å². The third kappa shape index (κ3) is 4.07. The average Bonchev–Trinajstić information content (AvgIpc) is 3.31. The van der Waals surface area contributed by atoms with Gasteiger partial charge in [0, 0.05) is 17.8 Å². The number of aryl methyl sites for hydroxylation is 2. The minimum Gasteiger partial charge on any atom is -0.346 e. The highest BCUT2D eigenvalue weighted by Gasteiger charge is 2.37. The minimum atomic E-state index is -4.65. The molecule has 0 aliphatic heterocycles. The Bertz CT molecular complexity index is 1240. The molecule has 3 aromatic heterocycles. The zero-order chi connectivity index (χ0) is 22.3. The van der Waals surface area contributed by atoms with Crippen LogP contribution in [0.5, 0.6) is 0 Å². The van der Waals surface area contributed by atoms with Crippen molar-refractivity contribution in [3.8, 4) is 0 Å². The highest BCUT2D eigenvalue weighted by Crippen LogP contribution is 2.27. The Morgan fingerprint density at radius 3 is 2.65 bits per heavy atom. The number of carbonyl (C=O) groups excluding carboxylic acids is 1. The van der Waals surface area contributed by atoms with Crippen LogP contribution in [0.3, 0.4) is 0 Å². The number of nitrogens with zero attached hydrogens (tertiary/aromatic N) is 5. The van der Waals surface area contributed by atoms with Crippen LogP contribution in [0.2, 0.25) is 0 Å². The fourth-order valence-corrected chi connectivity index (χ4v) is 3.49. The monoisotopic (exact) mass is 431 g/mol. The van der Waals surface area contributed by atoms with E-state index in [9.17, 15) is 18.0 Å². The molecule has 11 heteroatoms. The van der Waals surface area contributed by atoms with Crippen molar-refractivity contribution >= 4 is 22.7 Å². The van der Waals surface area contributed by atoms with E-state index >= 15 is 0 Å². The van der Waals surface area contributed by atoms with Crippen molar-refractivity contribution in [2.45, 2.75) is 45.8 Å². The Labute approximate surface area is 174 Å². The van der Waals surface area contributed by atoms with Crippen LogP contribution in [0.4, 0.5) is 13.2 Å². The van der Waals surface area contributed by atoms with E-state index in [0.717, 1.165) is 15.5 Å². The van der Waals surface area contributed by atoms with E-state index in [0.29, 0.717) is 29.2 Å². The van der Waals surface area contributed by atoms with Gasteiger partial charge < -0.3 is 10.3 Å². The zero-order valence-electron chi connectivity index (χ0n) is 17.1. The molecule has 0 bridgehead atoms. The number of imidazole rings is 1. The first-order chi connectivity index (χ1) is 14.6. The Kier molecular flexibility index (Phi) is 5.11. The number of hydrogen-bond acceptors (Lipinski definition) is 5. The van der Waals surface area contributed by atoms with Crippen LogP contribution in [0.25, 0.3) is 16.8 Å². The predicted octanol–water partition coefficient (Wildman–Crippen LogP) is 3.45. The molecule has 31 heavy (non-hydrogen) atoms. The van der Waals surface area contributed by atoms with Crippen molar-refractivity contribution < 1.29 is 18.0 Å². The standard InChI is InChI=1S/C20H20F3N7O/c1-10-13(12(3)30-19(25-10)28-18(29-30)20(21,22)23)8-9-16(31)24-11(2)17-26-14-6-4-5-7-15(14)27-17/h4-7,11H,8-9H2,1-3H3,(H,24,31)(H,26,27)/t11-/m0/s1. The number of para-hydroxylation sites is 2. The normalized spacial score (nSPS) is 13.1. The summed E-state index contributed by atoms with van der Waals surface area (Å²) < 4.78 is 39.8. The first-order valence-electron chi connectivity index (χ1n) is 9.67. The number of nitrogens with one attached hydrogen (secondary N) is 2. The van der Waals surface area contributed by atoms with Gasteiger partial charge in [-0.3, -0.25) is 4.79 Å². The highest BCUT2D eigenvalue weighted by molar-refractivity contribution is 5.77. The maximum absolute atomic E-state index is 12.9. The predicted molar refractivity (Wildman–Crippen MR) is 106 cm³/mol. The van der Waals surface area contributed by atoms with E-state index in [1.807, 2.05) is 31.2 Å². The number of halogens is 3. The number of benzene rings is 1. The molecule has 0 unspecified atom stereocenters. The summed E-state index contributed by atoms with van der Waals surface area (Å²) in [7, 11) is 0. The maximum atomic E-state index is 12.9. The first-order valence-corrected chi connectivity index (χ1v) is 9.67. The van der Waals surface area contributed by atoms with Crippen molar-refractivity contribution in [2.24, 2.45) is 0 Å². The number of rotatable bonds is 5. The van der Waals surface area contributed by atoms with Crippen molar-refractivity contribution in [1.29, 1.82) is 0 Å². The SMILES string of the molecule is Cc1nc2nc(C(F)(F)F)nn2c(C)c1CCC(=O)N[C@@H](C)c1nc2ccccc2[nH]1. The number of H-pyrrole nitrogens is 1. The second kappa shape index (κ2) is 7.64. The van der Waals surface area contributed by atoms with Crippen LogP contribution >= 0.6 is 0 Å². The van der Waals surface area contributed by atoms with Gasteiger partial charge in [-0.15, -0.1) is 5.10 Å². The van der Waals surface area contributed by atoms with Gasteiger partial charge in [-0.05, 0) is 44.9 Å². The summed E-state index contributed by atoms with van der Waals surface area (Å²) in [6.45, 7) is 5.15. The summed E-state index contributed by atoms with van der Waals surface area (Å²) in [5.74, 6) is -0.917. The molecule has 162 valence electrons. The van der Waals surface area contributed by atoms with Gasteiger partial charge in [0.15, 0.2) is 0 Å². The van der Waals surface area contributed by atoms with Crippen molar-refractivity contribution in [1.82, 2.24) is 34.9 Å². The summed E-state index contributed by atoms with van der Waals surface area (Å²) in [6, 6.07) is 7.25. The van der Waals surface area contributed by atoms with Gasteiger partial charge >= 0.3 is 6.18 Å². The molecular weight excluding hydrogens is 411 g/mol. The lowest BCUT2D eigenvalue weighted by atomic mass is 10.1. The Morgan fingerprint density at radius 2 is 1.94 bits per heavy atom. The van der Waals surface area contributed by atoms with Gasteiger partial charge in [0.1, 0.15) is 5.82 Å². The lowest BCUT2D eigenvalue weighted by molar-refractivity contribution is -0.144. The van der Waals surface area contributed by atoms with Crippen LogP contribution in [-0.2, 0) is 17.4 Å². The average molecular weight is 431 g/mol. The highest BCUT2D eigenvalue weighted by atomic mass is 19.4. The van der Waals surface area contributed by atoms with Crippen molar-refractivity contribution in [3.63, 3.8) is 0 Å². The van der Waals surface area contributed by atoms with E-state index in [2.05, 4.69) is 30.4 Å². The number of carbonyl (C=O) groups is 1. The van der Waals surface area contributed by atoms with E-state index in [4.69, 9.17) is 0 Å². The number of hydrogen-bond donors (Lipinski definition) is 2. The summed E-state index contributed by atoms with van der Waals surface area (Å²) in [5, 5.41) is 6.42. The molecule has 1 aromatic carbocycles. The Balaban J connectivity index is 1.47.